The van der Waals surface area contributed by atoms with Crippen molar-refractivity contribution in [2.45, 2.75) is 50.4 Å². The highest BCUT2D eigenvalue weighted by Gasteiger charge is 2.22. The molecule has 1 fully saturated rings. The van der Waals surface area contributed by atoms with Gasteiger partial charge in [0.1, 0.15) is 0 Å². The van der Waals surface area contributed by atoms with E-state index in [2.05, 4.69) is 15.3 Å². The Morgan fingerprint density at radius 3 is 3.06 bits per heavy atom. The maximum Gasteiger partial charge on any atom is 0.226 e. The highest BCUT2D eigenvalue weighted by molar-refractivity contribution is 6.21. The Balaban J connectivity index is 2.00. The van der Waals surface area contributed by atoms with Crippen LogP contribution in [0.15, 0.2) is 12.3 Å². The van der Waals surface area contributed by atoms with Crippen molar-refractivity contribution < 1.29 is 4.74 Å². The first-order valence-corrected chi connectivity index (χ1v) is 7.09. The smallest absolute Gasteiger partial charge is 0.226 e. The van der Waals surface area contributed by atoms with Gasteiger partial charge in [-0.05, 0) is 19.8 Å². The van der Waals surface area contributed by atoms with Crippen molar-refractivity contribution in [2.75, 3.05) is 11.9 Å². The van der Waals surface area contributed by atoms with E-state index < -0.39 is 0 Å². The normalized spacial score (nSPS) is 24.3. The zero-order valence-electron chi connectivity index (χ0n) is 10.7. The highest BCUT2D eigenvalue weighted by Crippen LogP contribution is 2.24. The van der Waals surface area contributed by atoms with Crippen LogP contribution in [-0.4, -0.2) is 28.0 Å². The number of rotatable bonds is 4. The third kappa shape index (κ3) is 3.73. The summed E-state index contributed by atoms with van der Waals surface area (Å²) in [5.74, 6) is 1.22. The van der Waals surface area contributed by atoms with Crippen molar-refractivity contribution in [2.24, 2.45) is 0 Å². The Kier molecular flexibility index (Phi) is 5.05. The van der Waals surface area contributed by atoms with E-state index in [1.165, 1.54) is 19.3 Å². The van der Waals surface area contributed by atoms with Crippen LogP contribution < -0.4 is 10.1 Å². The number of ether oxygens (including phenoxy) is 1. The molecular formula is C13H20ClN3O. The molecule has 0 saturated heterocycles. The predicted molar refractivity (Wildman–Crippen MR) is 73.3 cm³/mol. The summed E-state index contributed by atoms with van der Waals surface area (Å²) in [6.45, 7) is 2.55. The number of nitrogens with one attached hydrogen (secondary N) is 1. The fourth-order valence-corrected chi connectivity index (χ4v) is 2.57. The summed E-state index contributed by atoms with van der Waals surface area (Å²) in [6.07, 6.45) is 7.54. The molecule has 1 N–H and O–H groups in total. The molecule has 18 heavy (non-hydrogen) atoms. The van der Waals surface area contributed by atoms with Crippen LogP contribution in [0.4, 0.5) is 5.95 Å². The van der Waals surface area contributed by atoms with Gasteiger partial charge in [-0.1, -0.05) is 19.3 Å². The van der Waals surface area contributed by atoms with E-state index in [9.17, 15) is 0 Å². The second kappa shape index (κ2) is 6.78. The Labute approximate surface area is 113 Å². The minimum atomic E-state index is 0.159. The standard InChI is InChI=1S/C13H20ClN3O/c1-2-18-12-8-9-15-13(17-12)16-11-7-5-3-4-6-10(11)14/h8-11H,2-7H2,1H3,(H,15,16,17). The fraction of sp³-hybridized carbons (Fsp3) is 0.692. The van der Waals surface area contributed by atoms with Crippen LogP contribution in [0.2, 0.25) is 0 Å². The maximum absolute atomic E-state index is 6.39. The molecule has 0 aromatic carbocycles. The average Bonchev–Trinajstić information content (AvgIpc) is 2.56. The second-order valence-corrected chi connectivity index (χ2v) is 5.12. The van der Waals surface area contributed by atoms with Gasteiger partial charge in [0.25, 0.3) is 0 Å². The number of hydrogen-bond donors (Lipinski definition) is 1. The van der Waals surface area contributed by atoms with Crippen LogP contribution in [0.25, 0.3) is 0 Å². The number of hydrogen-bond acceptors (Lipinski definition) is 4. The summed E-state index contributed by atoms with van der Waals surface area (Å²) in [5.41, 5.74) is 0. The van der Waals surface area contributed by atoms with Crippen molar-refractivity contribution >= 4 is 17.5 Å². The van der Waals surface area contributed by atoms with Gasteiger partial charge in [-0.15, -0.1) is 11.6 Å². The van der Waals surface area contributed by atoms with E-state index in [0.29, 0.717) is 18.4 Å². The lowest BCUT2D eigenvalue weighted by molar-refractivity contribution is 0.326. The monoisotopic (exact) mass is 269 g/mol. The predicted octanol–water partition coefficient (Wildman–Crippen LogP) is 3.23. The molecule has 1 aromatic rings. The van der Waals surface area contributed by atoms with Crippen LogP contribution in [0.3, 0.4) is 0 Å². The molecule has 1 aromatic heterocycles. The molecule has 2 rings (SSSR count). The highest BCUT2D eigenvalue weighted by atomic mass is 35.5. The molecular weight excluding hydrogens is 250 g/mol. The first kappa shape index (κ1) is 13.4. The SMILES string of the molecule is CCOc1ccnc(NC2CCCCCC2Cl)n1. The maximum atomic E-state index is 6.39. The lowest BCUT2D eigenvalue weighted by atomic mass is 10.1. The molecule has 1 heterocycles. The molecule has 1 saturated carbocycles. The van der Waals surface area contributed by atoms with Gasteiger partial charge in [-0.3, -0.25) is 0 Å². The lowest BCUT2D eigenvalue weighted by Gasteiger charge is -2.21. The minimum absolute atomic E-state index is 0.159. The molecule has 0 radical (unpaired) electrons. The number of alkyl halides is 1. The van der Waals surface area contributed by atoms with E-state index in [-0.39, 0.29) is 11.4 Å². The summed E-state index contributed by atoms with van der Waals surface area (Å²) >= 11 is 6.39. The molecule has 0 amide bonds. The van der Waals surface area contributed by atoms with Crippen molar-refractivity contribution in [1.29, 1.82) is 0 Å². The van der Waals surface area contributed by atoms with Gasteiger partial charge in [0.15, 0.2) is 0 Å². The molecule has 100 valence electrons. The van der Waals surface area contributed by atoms with Gasteiger partial charge in [-0.25, -0.2) is 4.98 Å². The van der Waals surface area contributed by atoms with Crippen molar-refractivity contribution in [3.05, 3.63) is 12.3 Å². The van der Waals surface area contributed by atoms with Crippen LogP contribution in [0.1, 0.15) is 39.0 Å². The Hall–Kier alpha value is -1.03. The first-order chi connectivity index (χ1) is 8.79. The summed E-state index contributed by atoms with van der Waals surface area (Å²) in [4.78, 5) is 8.54. The van der Waals surface area contributed by atoms with Gasteiger partial charge >= 0.3 is 0 Å². The zero-order chi connectivity index (χ0) is 12.8. The first-order valence-electron chi connectivity index (χ1n) is 6.66. The molecule has 0 spiro atoms. The Morgan fingerprint density at radius 1 is 1.39 bits per heavy atom. The third-order valence-electron chi connectivity index (χ3n) is 3.17. The van der Waals surface area contributed by atoms with Gasteiger partial charge in [0.05, 0.1) is 12.0 Å². The van der Waals surface area contributed by atoms with Crippen LogP contribution in [0, 0.1) is 0 Å². The second-order valence-electron chi connectivity index (χ2n) is 4.56. The van der Waals surface area contributed by atoms with Crippen LogP contribution in [-0.2, 0) is 0 Å². The number of aromatic nitrogens is 2. The van der Waals surface area contributed by atoms with Crippen LogP contribution >= 0.6 is 11.6 Å². The summed E-state index contributed by atoms with van der Waals surface area (Å²) in [6, 6.07) is 2.02. The Morgan fingerprint density at radius 2 is 2.22 bits per heavy atom. The largest absolute Gasteiger partial charge is 0.478 e. The molecule has 0 aliphatic heterocycles. The molecule has 1 aliphatic carbocycles. The average molecular weight is 270 g/mol. The molecule has 4 nitrogen and oxygen atoms in total. The lowest BCUT2D eigenvalue weighted by Crippen LogP contribution is -2.29. The zero-order valence-corrected chi connectivity index (χ0v) is 11.5. The molecule has 2 atom stereocenters. The third-order valence-corrected chi connectivity index (χ3v) is 3.69. The number of halogens is 1. The number of anilines is 1. The van der Waals surface area contributed by atoms with E-state index >= 15 is 0 Å². The van der Waals surface area contributed by atoms with E-state index in [1.807, 2.05) is 6.92 Å². The van der Waals surface area contributed by atoms with E-state index in [0.717, 1.165) is 12.8 Å². The molecule has 1 aliphatic rings. The van der Waals surface area contributed by atoms with Crippen molar-refractivity contribution in [3.8, 4) is 5.88 Å². The summed E-state index contributed by atoms with van der Waals surface area (Å²) in [5, 5.41) is 3.49. The summed E-state index contributed by atoms with van der Waals surface area (Å²) < 4.78 is 5.36. The molecule has 2 unspecified atom stereocenters. The molecule has 0 bridgehead atoms. The fourth-order valence-electron chi connectivity index (χ4n) is 2.23. The summed E-state index contributed by atoms with van der Waals surface area (Å²) in [7, 11) is 0. The molecule has 5 heteroatoms. The van der Waals surface area contributed by atoms with Crippen molar-refractivity contribution in [3.63, 3.8) is 0 Å². The van der Waals surface area contributed by atoms with E-state index in [1.54, 1.807) is 12.3 Å². The van der Waals surface area contributed by atoms with Gasteiger partial charge in [-0.2, -0.15) is 4.98 Å². The van der Waals surface area contributed by atoms with E-state index in [4.69, 9.17) is 16.3 Å². The van der Waals surface area contributed by atoms with Crippen molar-refractivity contribution in [1.82, 2.24) is 9.97 Å². The quantitative estimate of drug-likeness (QED) is 0.673. The van der Waals surface area contributed by atoms with Gasteiger partial charge in [0.2, 0.25) is 11.8 Å². The minimum Gasteiger partial charge on any atom is -0.478 e. The Bertz CT molecular complexity index is 375. The van der Waals surface area contributed by atoms with Gasteiger partial charge < -0.3 is 10.1 Å². The van der Waals surface area contributed by atoms with Crippen LogP contribution in [0.5, 0.6) is 5.88 Å². The van der Waals surface area contributed by atoms with Gasteiger partial charge in [0, 0.05) is 18.3 Å². The topological polar surface area (TPSA) is 47.0 Å². The number of nitrogens with zero attached hydrogens (tertiary/aromatic N) is 2.